The van der Waals surface area contributed by atoms with Gasteiger partial charge in [0.25, 0.3) is 0 Å². The Hall–Kier alpha value is -2.74. The Labute approximate surface area is 165 Å². The Kier molecular flexibility index (Phi) is 3.14. The van der Waals surface area contributed by atoms with Gasteiger partial charge in [-0.15, -0.1) is 0 Å². The number of aromatic amines is 2. The monoisotopic (exact) mass is 366 g/mol. The van der Waals surface area contributed by atoms with Gasteiger partial charge in [0.15, 0.2) is 0 Å². The maximum absolute atomic E-state index is 3.84. The van der Waals surface area contributed by atoms with Crippen LogP contribution in [0.1, 0.15) is 55.8 Å². The van der Waals surface area contributed by atoms with Crippen LogP contribution in [-0.4, -0.2) is 9.97 Å². The van der Waals surface area contributed by atoms with Crippen molar-refractivity contribution >= 4 is 21.8 Å². The summed E-state index contributed by atoms with van der Waals surface area (Å²) >= 11 is 0. The first-order chi connectivity index (χ1) is 13.5. The molecule has 3 atom stereocenters. The Morgan fingerprint density at radius 1 is 0.929 bits per heavy atom. The van der Waals surface area contributed by atoms with Gasteiger partial charge >= 0.3 is 0 Å². The third kappa shape index (κ3) is 2.03. The molecule has 0 bridgehead atoms. The maximum Gasteiger partial charge on any atom is 0.0459 e. The molecule has 2 N–H and O–H groups in total. The van der Waals surface area contributed by atoms with Gasteiger partial charge in [0.2, 0.25) is 0 Å². The van der Waals surface area contributed by atoms with E-state index in [4.69, 9.17) is 0 Å². The van der Waals surface area contributed by atoms with E-state index in [9.17, 15) is 0 Å². The van der Waals surface area contributed by atoms with Gasteiger partial charge in [-0.2, -0.15) is 0 Å². The summed E-state index contributed by atoms with van der Waals surface area (Å²) in [7, 11) is 0. The molecule has 0 unspecified atom stereocenters. The number of benzene rings is 2. The standard InChI is InChI=1S/C26H26N2/c1-15-12-18-22-17-9-5-7-11-21(17)28-25(22)23(24(18)26(2,3)13-15)19-14-27-20-10-6-4-8-16(19)20/h4-12,14,18,23-24,27-28H,13H2,1-3H3/t18-,23-,24+/m1/s1. The zero-order valence-electron chi connectivity index (χ0n) is 16.7. The molecule has 2 aliphatic rings. The van der Waals surface area contributed by atoms with Crippen LogP contribution in [0.4, 0.5) is 0 Å². The molecule has 2 heterocycles. The molecule has 0 spiro atoms. The number of nitrogens with one attached hydrogen (secondary N) is 2. The molecule has 2 aromatic heterocycles. The van der Waals surface area contributed by atoms with Gasteiger partial charge < -0.3 is 9.97 Å². The largest absolute Gasteiger partial charge is 0.361 e. The molecule has 0 aliphatic heterocycles. The van der Waals surface area contributed by atoms with Crippen molar-refractivity contribution in [2.45, 2.75) is 39.0 Å². The molecule has 2 aliphatic carbocycles. The van der Waals surface area contributed by atoms with E-state index in [0.29, 0.717) is 17.8 Å². The van der Waals surface area contributed by atoms with Crippen molar-refractivity contribution in [3.8, 4) is 0 Å². The molecular formula is C26H26N2. The van der Waals surface area contributed by atoms with Crippen LogP contribution < -0.4 is 0 Å². The molecule has 0 fully saturated rings. The summed E-state index contributed by atoms with van der Waals surface area (Å²) in [5.74, 6) is 1.44. The Balaban J connectivity index is 1.68. The van der Waals surface area contributed by atoms with E-state index in [1.165, 1.54) is 50.6 Å². The van der Waals surface area contributed by atoms with E-state index in [1.807, 2.05) is 0 Å². The molecule has 2 heteroatoms. The molecule has 0 amide bonds. The average Bonchev–Trinajstić information content (AvgIpc) is 3.32. The second-order valence-corrected chi connectivity index (χ2v) is 9.50. The number of para-hydroxylation sites is 2. The maximum atomic E-state index is 3.84. The summed E-state index contributed by atoms with van der Waals surface area (Å²) in [4.78, 5) is 7.38. The Morgan fingerprint density at radius 3 is 2.46 bits per heavy atom. The molecule has 4 aromatic rings. The average molecular weight is 367 g/mol. The fourth-order valence-electron chi connectivity index (χ4n) is 6.38. The highest BCUT2D eigenvalue weighted by Crippen LogP contribution is 2.62. The number of allylic oxidation sites excluding steroid dienone is 2. The molecular weight excluding hydrogens is 340 g/mol. The molecule has 2 aromatic carbocycles. The first-order valence-corrected chi connectivity index (χ1v) is 10.4. The smallest absolute Gasteiger partial charge is 0.0459 e. The van der Waals surface area contributed by atoms with Crippen LogP contribution >= 0.6 is 0 Å². The lowest BCUT2D eigenvalue weighted by Crippen LogP contribution is -2.33. The van der Waals surface area contributed by atoms with Crippen LogP contribution in [0.5, 0.6) is 0 Å². The fraction of sp³-hybridized carbons (Fsp3) is 0.308. The predicted molar refractivity (Wildman–Crippen MR) is 117 cm³/mol. The zero-order valence-corrected chi connectivity index (χ0v) is 16.7. The number of aromatic nitrogens is 2. The van der Waals surface area contributed by atoms with E-state index >= 15 is 0 Å². The molecule has 0 saturated heterocycles. The highest BCUT2D eigenvalue weighted by atomic mass is 14.8. The lowest BCUT2D eigenvalue weighted by Gasteiger charge is -2.43. The lowest BCUT2D eigenvalue weighted by atomic mass is 9.61. The van der Waals surface area contributed by atoms with E-state index in [0.717, 1.165) is 0 Å². The summed E-state index contributed by atoms with van der Waals surface area (Å²) in [5, 5.41) is 2.76. The van der Waals surface area contributed by atoms with Crippen LogP contribution in [0, 0.1) is 11.3 Å². The quantitative estimate of drug-likeness (QED) is 0.344. The number of rotatable bonds is 1. The van der Waals surface area contributed by atoms with Crippen molar-refractivity contribution in [2.75, 3.05) is 0 Å². The van der Waals surface area contributed by atoms with Gasteiger partial charge in [0.1, 0.15) is 0 Å². The third-order valence-corrected chi connectivity index (χ3v) is 7.22. The van der Waals surface area contributed by atoms with Gasteiger partial charge in [-0.25, -0.2) is 0 Å². The minimum absolute atomic E-state index is 0.257. The second kappa shape index (κ2) is 5.41. The summed E-state index contributed by atoms with van der Waals surface area (Å²) in [6.07, 6.45) is 5.99. The number of H-pyrrole nitrogens is 2. The highest BCUT2D eigenvalue weighted by molar-refractivity contribution is 5.89. The fourth-order valence-corrected chi connectivity index (χ4v) is 6.38. The van der Waals surface area contributed by atoms with E-state index in [1.54, 1.807) is 0 Å². The van der Waals surface area contributed by atoms with E-state index < -0.39 is 0 Å². The van der Waals surface area contributed by atoms with Crippen LogP contribution in [0.2, 0.25) is 0 Å². The molecule has 0 radical (unpaired) electrons. The SMILES string of the molecule is CC1=C[C@@H]2c3c([nH]c4ccccc34)[C@H](c3c[nH]c4ccccc34)[C@H]2C(C)(C)C1. The minimum Gasteiger partial charge on any atom is -0.361 e. The lowest BCUT2D eigenvalue weighted by molar-refractivity contribution is 0.173. The number of hydrogen-bond donors (Lipinski definition) is 2. The topological polar surface area (TPSA) is 31.6 Å². The van der Waals surface area contributed by atoms with Gasteiger partial charge in [-0.3, -0.25) is 0 Å². The van der Waals surface area contributed by atoms with Crippen molar-refractivity contribution in [2.24, 2.45) is 11.3 Å². The van der Waals surface area contributed by atoms with E-state index in [-0.39, 0.29) is 5.41 Å². The van der Waals surface area contributed by atoms with Crippen molar-refractivity contribution < 1.29 is 0 Å². The van der Waals surface area contributed by atoms with Gasteiger partial charge in [-0.05, 0) is 47.9 Å². The van der Waals surface area contributed by atoms with Gasteiger partial charge in [0.05, 0.1) is 0 Å². The molecule has 6 rings (SSSR count). The van der Waals surface area contributed by atoms with E-state index in [2.05, 4.69) is 91.5 Å². The normalized spacial score (nSPS) is 25.7. The second-order valence-electron chi connectivity index (χ2n) is 9.50. The molecule has 0 saturated carbocycles. The number of hydrogen-bond acceptors (Lipinski definition) is 0. The zero-order chi connectivity index (χ0) is 19.0. The summed E-state index contributed by atoms with van der Waals surface area (Å²) in [5.41, 5.74) is 8.69. The number of fused-ring (bicyclic) bond motifs is 6. The molecule has 2 nitrogen and oxygen atoms in total. The highest BCUT2D eigenvalue weighted by Gasteiger charge is 2.51. The third-order valence-electron chi connectivity index (χ3n) is 7.22. The Bertz CT molecular complexity index is 1250. The van der Waals surface area contributed by atoms with Crippen molar-refractivity contribution in [3.05, 3.63) is 83.2 Å². The van der Waals surface area contributed by atoms with Crippen molar-refractivity contribution in [1.29, 1.82) is 0 Å². The summed E-state index contributed by atoms with van der Waals surface area (Å²) in [6.45, 7) is 7.25. The first kappa shape index (κ1) is 16.2. The first-order valence-electron chi connectivity index (χ1n) is 10.4. The minimum atomic E-state index is 0.257. The van der Waals surface area contributed by atoms with Crippen LogP contribution in [-0.2, 0) is 0 Å². The summed E-state index contributed by atoms with van der Waals surface area (Å²) < 4.78 is 0. The molecule has 140 valence electrons. The Morgan fingerprint density at radius 2 is 1.64 bits per heavy atom. The summed E-state index contributed by atoms with van der Waals surface area (Å²) in [6, 6.07) is 17.6. The van der Waals surface area contributed by atoms with Crippen molar-refractivity contribution in [1.82, 2.24) is 9.97 Å². The van der Waals surface area contributed by atoms with Crippen LogP contribution in [0.3, 0.4) is 0 Å². The van der Waals surface area contributed by atoms with Crippen LogP contribution in [0.15, 0.2) is 66.4 Å². The molecule has 28 heavy (non-hydrogen) atoms. The van der Waals surface area contributed by atoms with Crippen molar-refractivity contribution in [3.63, 3.8) is 0 Å². The predicted octanol–water partition coefficient (Wildman–Crippen LogP) is 6.87. The van der Waals surface area contributed by atoms with Gasteiger partial charge in [-0.1, -0.05) is 61.9 Å². The van der Waals surface area contributed by atoms with Gasteiger partial charge in [0, 0.05) is 45.5 Å². The van der Waals surface area contributed by atoms with Crippen LogP contribution in [0.25, 0.3) is 21.8 Å².